The molecule has 76 valence electrons. The number of rotatable bonds is 4. The van der Waals surface area contributed by atoms with Gasteiger partial charge in [0.05, 0.1) is 0 Å². The Labute approximate surface area is 86.0 Å². The van der Waals surface area contributed by atoms with Crippen LogP contribution in [0.15, 0.2) is 12.2 Å². The highest BCUT2D eigenvalue weighted by Crippen LogP contribution is 2.15. The van der Waals surface area contributed by atoms with Gasteiger partial charge in [0.25, 0.3) is 0 Å². The van der Waals surface area contributed by atoms with Gasteiger partial charge in [-0.05, 0) is 31.8 Å². The summed E-state index contributed by atoms with van der Waals surface area (Å²) in [5.74, 6) is 1.37. The topological polar surface area (TPSA) is 23.5 Å². The van der Waals surface area contributed by atoms with Crippen LogP contribution < -0.4 is 0 Å². The van der Waals surface area contributed by atoms with Crippen LogP contribution >= 0.6 is 12.6 Å². The normalized spacial score (nSPS) is 21.4. The Morgan fingerprint density at radius 3 is 2.54 bits per heavy atom. The second kappa shape index (κ2) is 6.46. The number of thiol groups is 1. The van der Waals surface area contributed by atoms with E-state index in [1.54, 1.807) is 0 Å². The number of aliphatic hydroxyl groups is 1. The van der Waals surface area contributed by atoms with E-state index in [2.05, 4.69) is 29.7 Å². The number of hydrogen-bond donors (Lipinski definition) is 2. The number of piperidine rings is 1. The highest BCUT2D eigenvalue weighted by atomic mass is 32.1. The summed E-state index contributed by atoms with van der Waals surface area (Å²) in [6.45, 7) is 3.66. The fourth-order valence-corrected chi connectivity index (χ4v) is 1.80. The molecule has 0 bridgehead atoms. The summed E-state index contributed by atoms with van der Waals surface area (Å²) in [6.07, 6.45) is 6.55. The van der Waals surface area contributed by atoms with Gasteiger partial charge in [-0.25, -0.2) is 0 Å². The molecule has 0 atom stereocenters. The Balaban J connectivity index is 2.14. The van der Waals surface area contributed by atoms with Crippen LogP contribution in [0.3, 0.4) is 0 Å². The average Bonchev–Trinajstić information content (AvgIpc) is 2.19. The zero-order chi connectivity index (χ0) is 9.52. The Bertz CT molecular complexity index is 153. The van der Waals surface area contributed by atoms with Gasteiger partial charge in [-0.15, -0.1) is 0 Å². The van der Waals surface area contributed by atoms with Gasteiger partial charge in [-0.2, -0.15) is 12.6 Å². The highest BCUT2D eigenvalue weighted by Gasteiger charge is 2.16. The van der Waals surface area contributed by atoms with Crippen molar-refractivity contribution in [2.45, 2.75) is 12.8 Å². The quantitative estimate of drug-likeness (QED) is 0.527. The van der Waals surface area contributed by atoms with Gasteiger partial charge in [0.2, 0.25) is 0 Å². The molecular weight excluding hydrogens is 182 g/mol. The third-order valence-corrected chi connectivity index (χ3v) is 2.81. The van der Waals surface area contributed by atoms with Crippen molar-refractivity contribution in [3.63, 3.8) is 0 Å². The van der Waals surface area contributed by atoms with E-state index in [1.807, 2.05) is 0 Å². The van der Waals surface area contributed by atoms with Crippen LogP contribution in [-0.2, 0) is 0 Å². The molecule has 1 saturated heterocycles. The first-order chi connectivity index (χ1) is 6.36. The molecule has 0 aromatic heterocycles. The maximum atomic E-state index is 8.95. The summed E-state index contributed by atoms with van der Waals surface area (Å²) in [6, 6.07) is 0. The Morgan fingerprint density at radius 2 is 2.00 bits per heavy atom. The fourth-order valence-electron chi connectivity index (χ4n) is 1.65. The summed E-state index contributed by atoms with van der Waals surface area (Å²) < 4.78 is 0. The van der Waals surface area contributed by atoms with Crippen molar-refractivity contribution < 1.29 is 5.11 Å². The Hall–Kier alpha value is 0.01000. The first-order valence-electron chi connectivity index (χ1n) is 4.96. The molecule has 2 nitrogen and oxygen atoms in total. The zero-order valence-corrected chi connectivity index (χ0v) is 8.92. The minimum absolute atomic E-state index is 0.361. The van der Waals surface area contributed by atoms with Gasteiger partial charge in [0, 0.05) is 18.9 Å². The molecule has 0 aromatic carbocycles. The molecule has 1 heterocycles. The lowest BCUT2D eigenvalue weighted by molar-refractivity contribution is 0.139. The van der Waals surface area contributed by atoms with E-state index in [0.29, 0.717) is 12.5 Å². The first kappa shape index (κ1) is 11.1. The maximum absolute atomic E-state index is 8.95. The van der Waals surface area contributed by atoms with Crippen LogP contribution in [0.2, 0.25) is 0 Å². The zero-order valence-electron chi connectivity index (χ0n) is 8.02. The fraction of sp³-hybridized carbons (Fsp3) is 0.800. The highest BCUT2D eigenvalue weighted by molar-refractivity contribution is 7.80. The summed E-state index contributed by atoms with van der Waals surface area (Å²) in [7, 11) is 0. The number of likely N-dealkylation sites (tertiary alicyclic amines) is 1. The number of aliphatic hydroxyl groups excluding tert-OH is 1. The van der Waals surface area contributed by atoms with Crippen molar-refractivity contribution in [3.05, 3.63) is 12.2 Å². The Kier molecular flexibility index (Phi) is 5.51. The first-order valence-corrected chi connectivity index (χ1v) is 5.59. The average molecular weight is 201 g/mol. The van der Waals surface area contributed by atoms with Gasteiger partial charge in [0.1, 0.15) is 0 Å². The largest absolute Gasteiger partial charge is 0.396 e. The lowest BCUT2D eigenvalue weighted by atomic mass is 9.98. The van der Waals surface area contributed by atoms with Crippen molar-refractivity contribution in [2.75, 3.05) is 32.0 Å². The Morgan fingerprint density at radius 1 is 1.31 bits per heavy atom. The molecule has 0 aromatic rings. The van der Waals surface area contributed by atoms with Crippen molar-refractivity contribution in [1.82, 2.24) is 4.90 Å². The number of nitrogens with zero attached hydrogens (tertiary/aromatic N) is 1. The van der Waals surface area contributed by atoms with Gasteiger partial charge in [-0.1, -0.05) is 12.2 Å². The van der Waals surface area contributed by atoms with Crippen LogP contribution in [0, 0.1) is 5.92 Å². The van der Waals surface area contributed by atoms with E-state index in [0.717, 1.165) is 38.2 Å². The molecule has 1 aliphatic rings. The van der Waals surface area contributed by atoms with Gasteiger partial charge in [0.15, 0.2) is 0 Å². The smallest absolute Gasteiger partial charge is 0.0460 e. The molecule has 0 unspecified atom stereocenters. The predicted molar refractivity (Wildman–Crippen MR) is 59.2 cm³/mol. The second-order valence-corrected chi connectivity index (χ2v) is 3.95. The van der Waals surface area contributed by atoms with Gasteiger partial charge >= 0.3 is 0 Å². The third kappa shape index (κ3) is 4.16. The molecule has 0 saturated carbocycles. The van der Waals surface area contributed by atoms with E-state index in [1.165, 1.54) is 0 Å². The van der Waals surface area contributed by atoms with E-state index < -0.39 is 0 Å². The molecule has 0 aliphatic carbocycles. The van der Waals surface area contributed by atoms with Crippen LogP contribution in [0.4, 0.5) is 0 Å². The lowest BCUT2D eigenvalue weighted by Gasteiger charge is -2.30. The van der Waals surface area contributed by atoms with Crippen LogP contribution in [0.5, 0.6) is 0 Å². The van der Waals surface area contributed by atoms with Crippen LogP contribution in [0.25, 0.3) is 0 Å². The monoisotopic (exact) mass is 201 g/mol. The summed E-state index contributed by atoms with van der Waals surface area (Å²) in [5.41, 5.74) is 0. The molecule has 0 amide bonds. The number of hydrogen-bond acceptors (Lipinski definition) is 3. The molecule has 1 aliphatic heterocycles. The molecule has 0 radical (unpaired) electrons. The minimum Gasteiger partial charge on any atom is -0.396 e. The third-order valence-electron chi connectivity index (χ3n) is 2.60. The van der Waals surface area contributed by atoms with Gasteiger partial charge in [-0.3, -0.25) is 4.90 Å². The molecule has 3 heteroatoms. The second-order valence-electron chi connectivity index (χ2n) is 3.58. The molecular formula is C10H19NOS. The minimum atomic E-state index is 0.361. The van der Waals surface area contributed by atoms with Crippen molar-refractivity contribution >= 4 is 12.6 Å². The van der Waals surface area contributed by atoms with Crippen LogP contribution in [-0.4, -0.2) is 42.0 Å². The van der Waals surface area contributed by atoms with E-state index in [4.69, 9.17) is 5.11 Å². The summed E-state index contributed by atoms with van der Waals surface area (Å²) in [4.78, 5) is 2.42. The molecule has 13 heavy (non-hydrogen) atoms. The van der Waals surface area contributed by atoms with E-state index in [9.17, 15) is 0 Å². The molecule has 1 fully saturated rings. The molecule has 1 rings (SSSR count). The summed E-state index contributed by atoms with van der Waals surface area (Å²) in [5, 5.41) is 8.95. The molecule has 0 spiro atoms. The SMILES string of the molecule is OCC1CCN(CC=CCS)CC1. The van der Waals surface area contributed by atoms with Crippen molar-refractivity contribution in [3.8, 4) is 0 Å². The molecule has 1 N–H and O–H groups in total. The predicted octanol–water partition coefficient (Wildman–Crippen LogP) is 1.18. The standard InChI is InChI=1S/C10H19NOS/c12-9-10-3-6-11(7-4-10)5-1-2-8-13/h1-2,10,12-13H,3-9H2. The van der Waals surface area contributed by atoms with E-state index in [-0.39, 0.29) is 0 Å². The summed E-state index contributed by atoms with van der Waals surface area (Å²) >= 11 is 4.11. The maximum Gasteiger partial charge on any atom is 0.0460 e. The lowest BCUT2D eigenvalue weighted by Crippen LogP contribution is -2.34. The van der Waals surface area contributed by atoms with Crippen molar-refractivity contribution in [1.29, 1.82) is 0 Å². The van der Waals surface area contributed by atoms with Crippen molar-refractivity contribution in [2.24, 2.45) is 5.92 Å². The van der Waals surface area contributed by atoms with E-state index >= 15 is 0 Å². The van der Waals surface area contributed by atoms with Gasteiger partial charge < -0.3 is 5.11 Å². The van der Waals surface area contributed by atoms with Crippen LogP contribution in [0.1, 0.15) is 12.8 Å².